The van der Waals surface area contributed by atoms with Crippen LogP contribution in [-0.4, -0.2) is 50.3 Å². The second-order valence-corrected chi connectivity index (χ2v) is 8.08. The number of anilines is 1. The van der Waals surface area contributed by atoms with E-state index in [2.05, 4.69) is 30.7 Å². The van der Waals surface area contributed by atoms with Crippen molar-refractivity contribution < 1.29 is 4.79 Å². The van der Waals surface area contributed by atoms with Gasteiger partial charge in [0, 0.05) is 27.8 Å². The van der Waals surface area contributed by atoms with Crippen LogP contribution >= 0.6 is 0 Å². The van der Waals surface area contributed by atoms with E-state index in [4.69, 9.17) is 0 Å². The fourth-order valence-electron chi connectivity index (χ4n) is 3.70. The molecular formula is C25H23N7O. The molecule has 0 saturated carbocycles. The Bertz CT molecular complexity index is 1420. The number of carbonyl (C=O) groups excluding carboxylic acids is 1. The highest BCUT2D eigenvalue weighted by atomic mass is 16.1. The van der Waals surface area contributed by atoms with Gasteiger partial charge in [0.2, 0.25) is 0 Å². The summed E-state index contributed by atoms with van der Waals surface area (Å²) in [7, 11) is 3.97. The van der Waals surface area contributed by atoms with E-state index in [1.807, 2.05) is 85.7 Å². The molecule has 2 heterocycles. The molecule has 0 bridgehead atoms. The topological polar surface area (TPSA) is 103 Å². The Morgan fingerprint density at radius 3 is 2.58 bits per heavy atom. The molecular weight excluding hydrogens is 414 g/mol. The van der Waals surface area contributed by atoms with Crippen LogP contribution in [0.2, 0.25) is 0 Å². The van der Waals surface area contributed by atoms with Crippen molar-refractivity contribution in [1.29, 1.82) is 0 Å². The third kappa shape index (κ3) is 4.37. The van der Waals surface area contributed by atoms with Crippen LogP contribution in [0.5, 0.6) is 0 Å². The Labute approximate surface area is 190 Å². The molecule has 0 saturated heterocycles. The largest absolute Gasteiger partial charge is 0.322 e. The summed E-state index contributed by atoms with van der Waals surface area (Å²) in [5, 5.41) is 18.8. The number of fused-ring (bicyclic) bond motifs is 1. The number of aromatic nitrogens is 5. The Hall–Kier alpha value is -4.30. The van der Waals surface area contributed by atoms with Crippen molar-refractivity contribution in [3.8, 4) is 22.6 Å². The zero-order valence-electron chi connectivity index (χ0n) is 18.3. The average molecular weight is 438 g/mol. The van der Waals surface area contributed by atoms with Crippen molar-refractivity contribution in [2.75, 3.05) is 19.4 Å². The lowest BCUT2D eigenvalue weighted by molar-refractivity contribution is 0.102. The predicted molar refractivity (Wildman–Crippen MR) is 129 cm³/mol. The molecule has 0 spiro atoms. The number of rotatable bonds is 6. The van der Waals surface area contributed by atoms with E-state index in [-0.39, 0.29) is 5.91 Å². The quantitative estimate of drug-likeness (QED) is 0.367. The van der Waals surface area contributed by atoms with E-state index in [1.54, 1.807) is 6.07 Å². The number of hydrogen-bond acceptors (Lipinski definition) is 5. The summed E-state index contributed by atoms with van der Waals surface area (Å²) in [5.74, 6) is 1.27. The SMILES string of the molecule is CN(C)Cc1nc(-c2ccc3[nH]nc(-c4cccc(C(=O)Nc5ccccc5)c4)c3c2)n[nH]1. The van der Waals surface area contributed by atoms with Gasteiger partial charge in [-0.05, 0) is 56.6 Å². The molecule has 5 rings (SSSR count). The van der Waals surface area contributed by atoms with Gasteiger partial charge < -0.3 is 10.2 Å². The Morgan fingerprint density at radius 1 is 0.909 bits per heavy atom. The van der Waals surface area contributed by atoms with Crippen LogP contribution in [0.1, 0.15) is 16.2 Å². The first-order valence-electron chi connectivity index (χ1n) is 10.6. The standard InChI is InChI=1S/C25H23N7O/c1-32(2)15-22-27-24(31-29-22)17-11-12-21-20(14-17)23(30-28-21)16-7-6-8-18(13-16)25(33)26-19-9-4-3-5-10-19/h3-14H,15H2,1-2H3,(H,26,33)(H,28,30)(H,27,29,31). The number of hydrogen-bond donors (Lipinski definition) is 3. The lowest BCUT2D eigenvalue weighted by Crippen LogP contribution is -2.11. The molecule has 1 amide bonds. The normalized spacial score (nSPS) is 11.2. The minimum atomic E-state index is -0.169. The van der Waals surface area contributed by atoms with Gasteiger partial charge in [0.25, 0.3) is 5.91 Å². The Kier molecular flexibility index (Phi) is 5.42. The first-order chi connectivity index (χ1) is 16.1. The summed E-state index contributed by atoms with van der Waals surface area (Å²) in [4.78, 5) is 19.4. The van der Waals surface area contributed by atoms with Gasteiger partial charge in [-0.1, -0.05) is 30.3 Å². The highest BCUT2D eigenvalue weighted by Crippen LogP contribution is 2.30. The lowest BCUT2D eigenvalue weighted by Gasteiger charge is -2.06. The van der Waals surface area contributed by atoms with Crippen LogP contribution < -0.4 is 5.32 Å². The van der Waals surface area contributed by atoms with Crippen LogP contribution in [0.15, 0.2) is 72.8 Å². The molecule has 8 nitrogen and oxygen atoms in total. The van der Waals surface area contributed by atoms with E-state index in [9.17, 15) is 4.79 Å². The van der Waals surface area contributed by atoms with Crippen LogP contribution in [0.25, 0.3) is 33.5 Å². The van der Waals surface area contributed by atoms with E-state index >= 15 is 0 Å². The van der Waals surface area contributed by atoms with Crippen LogP contribution in [-0.2, 0) is 6.54 Å². The van der Waals surface area contributed by atoms with E-state index < -0.39 is 0 Å². The summed E-state index contributed by atoms with van der Waals surface area (Å²) in [5.41, 5.74) is 4.72. The van der Waals surface area contributed by atoms with Crippen molar-refractivity contribution >= 4 is 22.5 Å². The van der Waals surface area contributed by atoms with Gasteiger partial charge in [0.05, 0.1) is 17.8 Å². The average Bonchev–Trinajstić information content (AvgIpc) is 3.46. The van der Waals surface area contributed by atoms with E-state index in [0.29, 0.717) is 17.9 Å². The lowest BCUT2D eigenvalue weighted by atomic mass is 10.0. The minimum Gasteiger partial charge on any atom is -0.322 e. The Morgan fingerprint density at radius 2 is 1.76 bits per heavy atom. The molecule has 33 heavy (non-hydrogen) atoms. The third-order valence-electron chi connectivity index (χ3n) is 5.25. The second-order valence-electron chi connectivity index (χ2n) is 8.08. The van der Waals surface area contributed by atoms with Crippen molar-refractivity contribution in [3.05, 3.63) is 84.2 Å². The molecule has 0 aliphatic heterocycles. The minimum absolute atomic E-state index is 0.169. The van der Waals surface area contributed by atoms with Crippen molar-refractivity contribution in [2.45, 2.75) is 6.54 Å². The molecule has 5 aromatic rings. The molecule has 3 aromatic carbocycles. The third-order valence-corrected chi connectivity index (χ3v) is 5.25. The van der Waals surface area contributed by atoms with Gasteiger partial charge in [-0.3, -0.25) is 15.0 Å². The van der Waals surface area contributed by atoms with Gasteiger partial charge in [-0.15, -0.1) is 0 Å². The fourth-order valence-corrected chi connectivity index (χ4v) is 3.70. The van der Waals surface area contributed by atoms with Crippen LogP contribution in [0, 0.1) is 0 Å². The summed E-state index contributed by atoms with van der Waals surface area (Å²) < 4.78 is 0. The highest BCUT2D eigenvalue weighted by molar-refractivity contribution is 6.05. The number of amides is 1. The van der Waals surface area contributed by atoms with Gasteiger partial charge in [-0.2, -0.15) is 10.2 Å². The monoisotopic (exact) mass is 437 g/mol. The highest BCUT2D eigenvalue weighted by Gasteiger charge is 2.14. The van der Waals surface area contributed by atoms with Gasteiger partial charge in [-0.25, -0.2) is 4.98 Å². The molecule has 0 fully saturated rings. The van der Waals surface area contributed by atoms with Crippen molar-refractivity contribution in [1.82, 2.24) is 30.3 Å². The van der Waals surface area contributed by atoms with Crippen molar-refractivity contribution in [2.24, 2.45) is 0 Å². The molecule has 3 N–H and O–H groups in total. The fraction of sp³-hybridized carbons (Fsp3) is 0.120. The van der Waals surface area contributed by atoms with Gasteiger partial charge in [0.1, 0.15) is 5.82 Å². The summed E-state index contributed by atoms with van der Waals surface area (Å²) in [6.45, 7) is 0.685. The van der Waals surface area contributed by atoms with E-state index in [1.165, 1.54) is 0 Å². The van der Waals surface area contributed by atoms with E-state index in [0.717, 1.165) is 39.2 Å². The molecule has 0 atom stereocenters. The number of para-hydroxylation sites is 1. The summed E-state index contributed by atoms with van der Waals surface area (Å²) in [6.07, 6.45) is 0. The maximum Gasteiger partial charge on any atom is 0.255 e. The molecule has 0 radical (unpaired) electrons. The van der Waals surface area contributed by atoms with Gasteiger partial charge >= 0.3 is 0 Å². The smallest absolute Gasteiger partial charge is 0.255 e. The molecule has 164 valence electrons. The maximum absolute atomic E-state index is 12.8. The number of benzene rings is 3. The number of nitrogens with one attached hydrogen (secondary N) is 3. The number of H-pyrrole nitrogens is 2. The molecule has 0 unspecified atom stereocenters. The first kappa shape index (κ1) is 20.6. The first-order valence-corrected chi connectivity index (χ1v) is 10.6. The predicted octanol–water partition coefficient (Wildman–Crippen LogP) is 4.33. The second kappa shape index (κ2) is 8.68. The summed E-state index contributed by atoms with van der Waals surface area (Å²) in [6, 6.07) is 22.8. The van der Waals surface area contributed by atoms with Crippen molar-refractivity contribution in [3.63, 3.8) is 0 Å². The zero-order chi connectivity index (χ0) is 22.8. The maximum atomic E-state index is 12.8. The molecule has 8 heteroatoms. The molecule has 0 aliphatic carbocycles. The molecule has 0 aliphatic rings. The number of aromatic amines is 2. The summed E-state index contributed by atoms with van der Waals surface area (Å²) >= 11 is 0. The van der Waals surface area contributed by atoms with Crippen LogP contribution in [0.4, 0.5) is 5.69 Å². The number of nitrogens with zero attached hydrogens (tertiary/aromatic N) is 4. The van der Waals surface area contributed by atoms with Gasteiger partial charge in [0.15, 0.2) is 5.82 Å². The zero-order valence-corrected chi connectivity index (χ0v) is 18.3. The van der Waals surface area contributed by atoms with Crippen LogP contribution in [0.3, 0.4) is 0 Å². The molecule has 2 aromatic heterocycles. The Balaban J connectivity index is 1.46. The number of carbonyl (C=O) groups is 1.